The fraction of sp³-hybridized carbons (Fsp3) is 0.529. The quantitative estimate of drug-likeness (QED) is 0.802. The van der Waals surface area contributed by atoms with Crippen LogP contribution in [0.25, 0.3) is 0 Å². The minimum atomic E-state index is -0.164. The molecule has 2 rings (SSSR count). The van der Waals surface area contributed by atoms with Crippen molar-refractivity contribution in [3.63, 3.8) is 0 Å². The first-order chi connectivity index (χ1) is 10.9. The summed E-state index contributed by atoms with van der Waals surface area (Å²) in [6.07, 6.45) is 1.21. The number of rotatable bonds is 7. The molecule has 0 unspecified atom stereocenters. The van der Waals surface area contributed by atoms with Crippen LogP contribution >= 0.6 is 11.6 Å². The molecule has 0 saturated heterocycles. The zero-order valence-corrected chi connectivity index (χ0v) is 14.4. The fourth-order valence-corrected chi connectivity index (χ4v) is 2.49. The summed E-state index contributed by atoms with van der Waals surface area (Å²) in [5.41, 5.74) is 0.609. The highest BCUT2D eigenvalue weighted by molar-refractivity contribution is 6.32. The van der Waals surface area contributed by atoms with Crippen LogP contribution in [0.5, 0.6) is 5.75 Å². The van der Waals surface area contributed by atoms with E-state index in [2.05, 4.69) is 10.6 Å². The van der Waals surface area contributed by atoms with Crippen LogP contribution < -0.4 is 15.4 Å². The molecule has 5 nitrogen and oxygen atoms in total. The summed E-state index contributed by atoms with van der Waals surface area (Å²) in [4.78, 5) is 23.5. The molecule has 2 amide bonds. The third kappa shape index (κ3) is 5.43. The average molecular weight is 339 g/mol. The Balaban J connectivity index is 1.76. The summed E-state index contributed by atoms with van der Waals surface area (Å²) in [6, 6.07) is 5.13. The lowest BCUT2D eigenvalue weighted by Crippen LogP contribution is -2.29. The summed E-state index contributed by atoms with van der Waals surface area (Å²) in [7, 11) is 0. The SMILES string of the molecule is CC(C)Oc1ccc(NC(=O)CCNC(=O)[C@@H]2C[C@@H]2C)cc1Cl. The lowest BCUT2D eigenvalue weighted by atomic mass is 10.2. The number of carbonyl (C=O) groups excluding carboxylic acids is 2. The van der Waals surface area contributed by atoms with Crippen molar-refractivity contribution in [2.24, 2.45) is 11.8 Å². The Bertz CT molecular complexity index is 589. The van der Waals surface area contributed by atoms with Gasteiger partial charge in [0.2, 0.25) is 11.8 Å². The van der Waals surface area contributed by atoms with E-state index in [0.717, 1.165) is 6.42 Å². The first-order valence-corrected chi connectivity index (χ1v) is 8.28. The van der Waals surface area contributed by atoms with Gasteiger partial charge in [-0.1, -0.05) is 18.5 Å². The number of carbonyl (C=O) groups is 2. The summed E-state index contributed by atoms with van der Waals surface area (Å²) in [5, 5.41) is 6.00. The van der Waals surface area contributed by atoms with Crippen LogP contribution in [0, 0.1) is 11.8 Å². The van der Waals surface area contributed by atoms with Crippen molar-refractivity contribution in [1.29, 1.82) is 0 Å². The Labute approximate surface area is 141 Å². The maximum atomic E-state index is 11.9. The van der Waals surface area contributed by atoms with Gasteiger partial charge in [-0.25, -0.2) is 0 Å². The van der Waals surface area contributed by atoms with Crippen LogP contribution in [0.15, 0.2) is 18.2 Å². The van der Waals surface area contributed by atoms with Crippen LogP contribution in [0.4, 0.5) is 5.69 Å². The van der Waals surface area contributed by atoms with Gasteiger partial charge in [0.1, 0.15) is 5.75 Å². The molecule has 2 N–H and O–H groups in total. The number of ether oxygens (including phenoxy) is 1. The summed E-state index contributed by atoms with van der Waals surface area (Å²) < 4.78 is 5.54. The second-order valence-corrected chi connectivity index (χ2v) is 6.63. The molecule has 23 heavy (non-hydrogen) atoms. The van der Waals surface area contributed by atoms with Gasteiger partial charge >= 0.3 is 0 Å². The minimum absolute atomic E-state index is 0.0331. The smallest absolute Gasteiger partial charge is 0.226 e. The second kappa shape index (κ2) is 7.68. The molecule has 1 aromatic carbocycles. The average Bonchev–Trinajstić information content (AvgIpc) is 3.18. The Morgan fingerprint density at radius 3 is 2.65 bits per heavy atom. The normalized spacial score (nSPS) is 19.3. The van der Waals surface area contributed by atoms with E-state index in [1.165, 1.54) is 0 Å². The third-order valence-corrected chi connectivity index (χ3v) is 3.97. The van der Waals surface area contributed by atoms with Gasteiger partial charge in [-0.3, -0.25) is 9.59 Å². The number of anilines is 1. The highest BCUT2D eigenvalue weighted by Crippen LogP contribution is 2.37. The highest BCUT2D eigenvalue weighted by Gasteiger charge is 2.38. The van der Waals surface area contributed by atoms with Crippen LogP contribution in [0.1, 0.15) is 33.6 Å². The molecule has 0 aliphatic heterocycles. The van der Waals surface area contributed by atoms with Crippen LogP contribution in [0.2, 0.25) is 5.02 Å². The van der Waals surface area contributed by atoms with Gasteiger partial charge in [-0.15, -0.1) is 0 Å². The van der Waals surface area contributed by atoms with Gasteiger partial charge in [-0.2, -0.15) is 0 Å². The first-order valence-electron chi connectivity index (χ1n) is 7.90. The number of amides is 2. The molecule has 2 atom stereocenters. The van der Waals surface area contributed by atoms with Crippen molar-refractivity contribution < 1.29 is 14.3 Å². The second-order valence-electron chi connectivity index (χ2n) is 6.22. The van der Waals surface area contributed by atoms with Gasteiger partial charge in [0.15, 0.2) is 0 Å². The lowest BCUT2D eigenvalue weighted by Gasteiger charge is -2.13. The van der Waals surface area contributed by atoms with Gasteiger partial charge in [0, 0.05) is 24.6 Å². The Kier molecular flexibility index (Phi) is 5.88. The van der Waals surface area contributed by atoms with E-state index in [9.17, 15) is 9.59 Å². The van der Waals surface area contributed by atoms with Crippen molar-refractivity contribution in [3.8, 4) is 5.75 Å². The van der Waals surface area contributed by atoms with Crippen molar-refractivity contribution in [3.05, 3.63) is 23.2 Å². The van der Waals surface area contributed by atoms with Crippen molar-refractivity contribution in [2.75, 3.05) is 11.9 Å². The largest absolute Gasteiger partial charge is 0.489 e. The molecule has 1 aliphatic carbocycles. The predicted octanol–water partition coefficient (Wildman–Crippen LogP) is 3.23. The molecular formula is C17H23ClN2O3. The van der Waals surface area contributed by atoms with Gasteiger partial charge in [0.05, 0.1) is 11.1 Å². The first kappa shape index (κ1) is 17.6. The fourth-order valence-electron chi connectivity index (χ4n) is 2.27. The molecule has 6 heteroatoms. The molecule has 1 aromatic rings. The number of hydrogen-bond acceptors (Lipinski definition) is 3. The summed E-state index contributed by atoms with van der Waals surface area (Å²) in [5.74, 6) is 1.07. The lowest BCUT2D eigenvalue weighted by molar-refractivity contribution is -0.122. The summed E-state index contributed by atoms with van der Waals surface area (Å²) in [6.45, 7) is 6.23. The molecule has 0 bridgehead atoms. The maximum Gasteiger partial charge on any atom is 0.226 e. The van der Waals surface area contributed by atoms with E-state index in [1.54, 1.807) is 18.2 Å². The molecule has 0 radical (unpaired) electrons. The molecule has 1 fully saturated rings. The molecule has 0 heterocycles. The summed E-state index contributed by atoms with van der Waals surface area (Å²) >= 11 is 6.12. The molecular weight excluding hydrogens is 316 g/mol. The van der Waals surface area contributed by atoms with E-state index in [0.29, 0.717) is 28.9 Å². The van der Waals surface area contributed by atoms with Gasteiger partial charge in [-0.05, 0) is 44.4 Å². The van der Waals surface area contributed by atoms with E-state index in [-0.39, 0.29) is 30.3 Å². The zero-order chi connectivity index (χ0) is 17.0. The van der Waals surface area contributed by atoms with Crippen LogP contribution in [-0.2, 0) is 9.59 Å². The minimum Gasteiger partial charge on any atom is -0.489 e. The van der Waals surface area contributed by atoms with Crippen LogP contribution in [-0.4, -0.2) is 24.5 Å². The molecule has 126 valence electrons. The van der Waals surface area contributed by atoms with Crippen molar-refractivity contribution in [1.82, 2.24) is 5.32 Å². The topological polar surface area (TPSA) is 67.4 Å². The number of nitrogens with one attached hydrogen (secondary N) is 2. The van der Waals surface area contributed by atoms with E-state index in [4.69, 9.17) is 16.3 Å². The van der Waals surface area contributed by atoms with Crippen LogP contribution in [0.3, 0.4) is 0 Å². The number of benzene rings is 1. The Morgan fingerprint density at radius 1 is 1.39 bits per heavy atom. The van der Waals surface area contributed by atoms with E-state index in [1.807, 2.05) is 20.8 Å². The standard InChI is InChI=1S/C17H23ClN2O3/c1-10(2)23-15-5-4-12(9-14(15)18)20-16(21)6-7-19-17(22)13-8-11(13)3/h4-5,9-11,13H,6-8H2,1-3H3,(H,19,22)(H,20,21)/t11-,13+/m0/s1. The van der Waals surface area contributed by atoms with Gasteiger partial charge < -0.3 is 15.4 Å². The molecule has 1 aliphatic rings. The predicted molar refractivity (Wildman–Crippen MR) is 90.7 cm³/mol. The van der Waals surface area contributed by atoms with Crippen molar-refractivity contribution in [2.45, 2.75) is 39.7 Å². The van der Waals surface area contributed by atoms with Crippen molar-refractivity contribution >= 4 is 29.1 Å². The number of halogens is 1. The zero-order valence-electron chi connectivity index (χ0n) is 13.7. The van der Waals surface area contributed by atoms with Gasteiger partial charge in [0.25, 0.3) is 0 Å². The third-order valence-electron chi connectivity index (χ3n) is 3.68. The molecule has 1 saturated carbocycles. The highest BCUT2D eigenvalue weighted by atomic mass is 35.5. The Hall–Kier alpha value is -1.75. The van der Waals surface area contributed by atoms with E-state index >= 15 is 0 Å². The molecule has 0 aromatic heterocycles. The monoisotopic (exact) mass is 338 g/mol. The molecule has 0 spiro atoms. The Morgan fingerprint density at radius 2 is 2.09 bits per heavy atom. The number of hydrogen-bond donors (Lipinski definition) is 2. The van der Waals surface area contributed by atoms with E-state index < -0.39 is 0 Å². The maximum absolute atomic E-state index is 11.9.